The highest BCUT2D eigenvalue weighted by Gasteiger charge is 2.22. The monoisotopic (exact) mass is 340 g/mol. The Hall–Kier alpha value is -2.34. The molecule has 0 radical (unpaired) electrons. The van der Waals surface area contributed by atoms with Crippen molar-refractivity contribution in [2.24, 2.45) is 5.92 Å². The lowest BCUT2D eigenvalue weighted by Gasteiger charge is -2.33. The fourth-order valence-electron chi connectivity index (χ4n) is 3.71. The Kier molecular flexibility index (Phi) is 4.70. The van der Waals surface area contributed by atoms with E-state index in [0.29, 0.717) is 24.9 Å². The van der Waals surface area contributed by atoms with Crippen LogP contribution in [0.5, 0.6) is 11.5 Å². The van der Waals surface area contributed by atoms with Gasteiger partial charge in [-0.15, -0.1) is 0 Å². The van der Waals surface area contributed by atoms with Crippen molar-refractivity contribution < 1.29 is 9.47 Å². The summed E-state index contributed by atoms with van der Waals surface area (Å²) in [4.78, 5) is 11.0. The van der Waals surface area contributed by atoms with Gasteiger partial charge in [0.25, 0.3) is 0 Å². The van der Waals surface area contributed by atoms with Gasteiger partial charge in [-0.2, -0.15) is 0 Å². The van der Waals surface area contributed by atoms with Crippen LogP contribution in [0, 0.1) is 5.92 Å². The molecule has 1 saturated heterocycles. The van der Waals surface area contributed by atoms with Crippen molar-refractivity contribution >= 4 is 5.82 Å². The van der Waals surface area contributed by atoms with Gasteiger partial charge in [-0.1, -0.05) is 6.07 Å². The van der Waals surface area contributed by atoms with Gasteiger partial charge in [0.1, 0.15) is 19.0 Å². The summed E-state index contributed by atoms with van der Waals surface area (Å²) in [6.45, 7) is 4.38. The van der Waals surface area contributed by atoms with Crippen molar-refractivity contribution in [3.8, 4) is 11.5 Å². The molecule has 25 heavy (non-hydrogen) atoms. The molecule has 0 amide bonds. The average molecular weight is 340 g/mol. The van der Waals surface area contributed by atoms with Gasteiger partial charge < -0.3 is 15.2 Å². The van der Waals surface area contributed by atoms with Crippen LogP contribution in [0.4, 0.5) is 5.82 Å². The normalized spacial score (nSPS) is 20.4. The largest absolute Gasteiger partial charge is 0.486 e. The first kappa shape index (κ1) is 16.1. The Morgan fingerprint density at radius 2 is 1.96 bits per heavy atom. The molecule has 132 valence electrons. The minimum Gasteiger partial charge on any atom is -0.486 e. The number of nitrogens with two attached hydrogens (primary N) is 1. The Balaban J connectivity index is 1.39. The van der Waals surface area contributed by atoms with Crippen molar-refractivity contribution in [2.75, 3.05) is 32.0 Å². The zero-order valence-corrected chi connectivity index (χ0v) is 14.4. The summed E-state index contributed by atoms with van der Waals surface area (Å²) in [6.07, 6.45) is 6.69. The molecule has 2 N–H and O–H groups in total. The maximum Gasteiger partial charge on any atom is 0.161 e. The van der Waals surface area contributed by atoms with Crippen LogP contribution in [0.15, 0.2) is 30.6 Å². The summed E-state index contributed by atoms with van der Waals surface area (Å²) in [5, 5.41) is 0. The van der Waals surface area contributed by atoms with Crippen LogP contribution >= 0.6 is 0 Å². The number of fused-ring (bicyclic) bond motifs is 1. The number of likely N-dealkylation sites (tertiary alicyclic amines) is 1. The molecule has 3 heterocycles. The van der Waals surface area contributed by atoms with Crippen LogP contribution in [0.1, 0.15) is 24.1 Å². The highest BCUT2D eigenvalue weighted by molar-refractivity contribution is 5.43. The minimum absolute atomic E-state index is 0.562. The van der Waals surface area contributed by atoms with Gasteiger partial charge in [0.05, 0.1) is 5.69 Å². The second-order valence-electron chi connectivity index (χ2n) is 6.81. The van der Waals surface area contributed by atoms with E-state index in [4.69, 9.17) is 15.2 Å². The highest BCUT2D eigenvalue weighted by Crippen LogP contribution is 2.31. The molecule has 6 nitrogen and oxygen atoms in total. The Morgan fingerprint density at radius 1 is 1.12 bits per heavy atom. The van der Waals surface area contributed by atoms with Crippen LogP contribution in [0.3, 0.4) is 0 Å². The molecule has 0 aliphatic carbocycles. The lowest BCUT2D eigenvalue weighted by Crippen LogP contribution is -2.36. The van der Waals surface area contributed by atoms with Crippen LogP contribution in [-0.2, 0) is 13.0 Å². The Labute approximate surface area is 148 Å². The topological polar surface area (TPSA) is 73.5 Å². The summed E-state index contributed by atoms with van der Waals surface area (Å²) < 4.78 is 11.3. The molecule has 0 spiro atoms. The third kappa shape index (κ3) is 3.85. The van der Waals surface area contributed by atoms with Gasteiger partial charge in [-0.25, -0.2) is 4.98 Å². The van der Waals surface area contributed by atoms with E-state index < -0.39 is 0 Å². The summed E-state index contributed by atoms with van der Waals surface area (Å²) >= 11 is 0. The molecule has 0 saturated carbocycles. The van der Waals surface area contributed by atoms with Gasteiger partial charge >= 0.3 is 0 Å². The molecule has 1 aromatic carbocycles. The van der Waals surface area contributed by atoms with Crippen LogP contribution < -0.4 is 15.2 Å². The predicted molar refractivity (Wildman–Crippen MR) is 95.6 cm³/mol. The molecular formula is C19H24N4O2. The maximum absolute atomic E-state index is 5.95. The molecule has 0 unspecified atom stereocenters. The van der Waals surface area contributed by atoms with Crippen molar-refractivity contribution in [3.05, 3.63) is 41.9 Å². The number of nitrogens with zero attached hydrogens (tertiary/aromatic N) is 3. The summed E-state index contributed by atoms with van der Waals surface area (Å²) in [6, 6.07) is 6.27. The van der Waals surface area contributed by atoms with Crippen molar-refractivity contribution in [1.29, 1.82) is 0 Å². The summed E-state index contributed by atoms with van der Waals surface area (Å²) in [5.74, 6) is 2.85. The molecule has 0 bridgehead atoms. The number of hydrogen-bond acceptors (Lipinski definition) is 6. The van der Waals surface area contributed by atoms with Gasteiger partial charge in [0, 0.05) is 25.5 Å². The van der Waals surface area contributed by atoms with Gasteiger partial charge in [0.15, 0.2) is 11.5 Å². The molecule has 2 aliphatic heterocycles. The number of piperidine rings is 1. The number of rotatable bonds is 4. The third-order valence-corrected chi connectivity index (χ3v) is 4.90. The van der Waals surface area contributed by atoms with Crippen LogP contribution in [0.2, 0.25) is 0 Å². The average Bonchev–Trinajstić information content (AvgIpc) is 2.64. The number of ether oxygens (including phenoxy) is 2. The van der Waals surface area contributed by atoms with E-state index >= 15 is 0 Å². The molecule has 2 aromatic rings. The van der Waals surface area contributed by atoms with Crippen LogP contribution in [0.25, 0.3) is 0 Å². The first-order chi connectivity index (χ1) is 12.3. The second kappa shape index (κ2) is 7.27. The van der Waals surface area contributed by atoms with Crippen LogP contribution in [-0.4, -0.2) is 41.2 Å². The van der Waals surface area contributed by atoms with Gasteiger partial charge in [-0.3, -0.25) is 9.88 Å². The lowest BCUT2D eigenvalue weighted by molar-refractivity contribution is 0.162. The van der Waals surface area contributed by atoms with Crippen molar-refractivity contribution in [1.82, 2.24) is 14.9 Å². The lowest BCUT2D eigenvalue weighted by atomic mass is 9.93. The highest BCUT2D eigenvalue weighted by atomic mass is 16.6. The SMILES string of the molecule is Nc1nccnc1C[C@@H]1CCCN(Cc2ccc3c(c2)OCCO3)C1. The molecule has 2 aliphatic rings. The van der Waals surface area contributed by atoms with E-state index in [2.05, 4.69) is 27.0 Å². The summed E-state index contributed by atoms with van der Waals surface area (Å²) in [7, 11) is 0. The van der Waals surface area contributed by atoms with Gasteiger partial charge in [0.2, 0.25) is 0 Å². The number of nitrogen functional groups attached to an aromatic ring is 1. The first-order valence-electron chi connectivity index (χ1n) is 8.94. The number of anilines is 1. The summed E-state index contributed by atoms with van der Waals surface area (Å²) in [5.41, 5.74) is 8.14. The third-order valence-electron chi connectivity index (χ3n) is 4.90. The fraction of sp³-hybridized carbons (Fsp3) is 0.474. The molecule has 1 atom stereocenters. The fourth-order valence-corrected chi connectivity index (χ4v) is 3.71. The van der Waals surface area contributed by atoms with E-state index in [-0.39, 0.29) is 0 Å². The zero-order chi connectivity index (χ0) is 17.1. The quantitative estimate of drug-likeness (QED) is 0.920. The van der Waals surface area contributed by atoms with Crippen molar-refractivity contribution in [3.63, 3.8) is 0 Å². The van der Waals surface area contributed by atoms with E-state index in [9.17, 15) is 0 Å². The molecule has 1 fully saturated rings. The number of benzene rings is 1. The standard InChI is InChI=1S/C19H24N4O2/c20-19-16(21-5-6-22-19)10-14-2-1-7-23(12-14)13-15-3-4-17-18(11-15)25-9-8-24-17/h3-6,11,14H,1-2,7-10,12-13H2,(H2,20,22)/t14-/m0/s1. The smallest absolute Gasteiger partial charge is 0.161 e. The first-order valence-corrected chi connectivity index (χ1v) is 8.94. The van der Waals surface area contributed by atoms with E-state index in [1.54, 1.807) is 12.4 Å². The van der Waals surface area contributed by atoms with Gasteiger partial charge in [-0.05, 0) is 49.4 Å². The predicted octanol–water partition coefficient (Wildman–Crippen LogP) is 2.28. The zero-order valence-electron chi connectivity index (χ0n) is 14.4. The van der Waals surface area contributed by atoms with E-state index in [1.807, 2.05) is 6.07 Å². The Bertz CT molecular complexity index is 737. The Morgan fingerprint density at radius 3 is 2.84 bits per heavy atom. The van der Waals surface area contributed by atoms with E-state index in [0.717, 1.165) is 43.2 Å². The van der Waals surface area contributed by atoms with E-state index in [1.165, 1.54) is 18.4 Å². The molecular weight excluding hydrogens is 316 g/mol. The van der Waals surface area contributed by atoms with Crippen molar-refractivity contribution in [2.45, 2.75) is 25.8 Å². The molecule has 1 aromatic heterocycles. The number of aromatic nitrogens is 2. The minimum atomic E-state index is 0.562. The number of hydrogen-bond donors (Lipinski definition) is 1. The maximum atomic E-state index is 5.95. The molecule has 4 rings (SSSR count). The second-order valence-corrected chi connectivity index (χ2v) is 6.81. The molecule has 6 heteroatoms.